The first-order valence-electron chi connectivity index (χ1n) is 5.27. The Balaban J connectivity index is 2.20. The van der Waals surface area contributed by atoms with E-state index in [-0.39, 0.29) is 10.4 Å². The molecule has 0 radical (unpaired) electrons. The van der Waals surface area contributed by atoms with Gasteiger partial charge in [0.1, 0.15) is 16.4 Å². The Morgan fingerprint density at radius 3 is 2.74 bits per heavy atom. The minimum atomic E-state index is 0.0552. The Hall–Kier alpha value is -1.92. The molecule has 0 bridgehead atoms. The quantitative estimate of drug-likeness (QED) is 0.537. The van der Waals surface area contributed by atoms with Crippen LogP contribution in [-0.2, 0) is 0 Å². The van der Waals surface area contributed by atoms with Crippen molar-refractivity contribution >= 4 is 34.2 Å². The van der Waals surface area contributed by atoms with Gasteiger partial charge in [0.15, 0.2) is 5.82 Å². The van der Waals surface area contributed by atoms with Crippen molar-refractivity contribution in [1.29, 1.82) is 0 Å². The molecule has 0 atom stereocenters. The number of hydrogen-bond acceptors (Lipinski definition) is 5. The van der Waals surface area contributed by atoms with Gasteiger partial charge in [-0.1, -0.05) is 16.8 Å². The lowest BCUT2D eigenvalue weighted by atomic mass is 10.3. The van der Waals surface area contributed by atoms with Crippen molar-refractivity contribution in [3.8, 4) is 11.6 Å². The summed E-state index contributed by atoms with van der Waals surface area (Å²) in [5.41, 5.74) is 1.46. The van der Waals surface area contributed by atoms with E-state index in [1.54, 1.807) is 19.2 Å². The van der Waals surface area contributed by atoms with Crippen molar-refractivity contribution in [1.82, 2.24) is 25.0 Å². The molecule has 0 aliphatic heterocycles. The van der Waals surface area contributed by atoms with E-state index in [4.69, 9.17) is 27.9 Å². The van der Waals surface area contributed by atoms with Gasteiger partial charge in [0.25, 0.3) is 0 Å². The van der Waals surface area contributed by atoms with Crippen LogP contribution in [0.15, 0.2) is 24.3 Å². The van der Waals surface area contributed by atoms with Crippen LogP contribution in [0, 0.1) is 0 Å². The van der Waals surface area contributed by atoms with Gasteiger partial charge < -0.3 is 4.74 Å². The Kier molecular flexibility index (Phi) is 2.96. The predicted molar refractivity (Wildman–Crippen MR) is 71.0 cm³/mol. The lowest BCUT2D eigenvalue weighted by Crippen LogP contribution is -2.01. The largest absolute Gasteiger partial charge is 0.497 e. The molecule has 0 N–H and O–H groups in total. The lowest BCUT2D eigenvalue weighted by Gasteiger charge is -2.02. The molecule has 0 saturated heterocycles. The molecule has 3 aromatic rings. The summed E-state index contributed by atoms with van der Waals surface area (Å²) >= 11 is 11.6. The number of benzene rings is 1. The predicted octanol–water partition coefficient (Wildman–Crippen LogP) is 2.53. The smallest absolute Gasteiger partial charge is 0.225 e. The molecule has 96 valence electrons. The number of nitrogens with zero attached hydrogens (tertiary/aromatic N) is 5. The van der Waals surface area contributed by atoms with E-state index in [0.717, 1.165) is 5.52 Å². The summed E-state index contributed by atoms with van der Waals surface area (Å²) in [5.74, 6) is 1.16. The van der Waals surface area contributed by atoms with Gasteiger partial charge in [-0.05, 0) is 23.7 Å². The second-order valence-electron chi connectivity index (χ2n) is 3.67. The summed E-state index contributed by atoms with van der Waals surface area (Å²) in [6.45, 7) is 0. The molecule has 2 heterocycles. The third kappa shape index (κ3) is 2.20. The highest BCUT2D eigenvalue weighted by Crippen LogP contribution is 2.22. The van der Waals surface area contributed by atoms with Crippen LogP contribution in [0.5, 0.6) is 5.75 Å². The van der Waals surface area contributed by atoms with E-state index in [9.17, 15) is 0 Å². The van der Waals surface area contributed by atoms with Gasteiger partial charge in [-0.25, -0.2) is 4.98 Å². The third-order valence-electron chi connectivity index (χ3n) is 2.52. The minimum absolute atomic E-state index is 0.0552. The van der Waals surface area contributed by atoms with E-state index in [1.807, 2.05) is 12.1 Å². The van der Waals surface area contributed by atoms with Crippen LogP contribution in [0.2, 0.25) is 10.4 Å². The zero-order valence-corrected chi connectivity index (χ0v) is 11.2. The SMILES string of the molecule is COc1ccc2c(c1)nnn2-c1cc(Cl)nc(Cl)n1. The Labute approximate surface area is 117 Å². The maximum atomic E-state index is 5.85. The number of methoxy groups -OCH3 is 1. The second-order valence-corrected chi connectivity index (χ2v) is 4.40. The maximum Gasteiger partial charge on any atom is 0.225 e. The molecular formula is C11H7Cl2N5O. The standard InChI is InChI=1S/C11H7Cl2N5O/c1-19-6-2-3-8-7(4-6)16-17-18(8)10-5-9(12)14-11(13)15-10/h2-5H,1H3. The highest BCUT2D eigenvalue weighted by Gasteiger charge is 2.10. The molecule has 8 heteroatoms. The van der Waals surface area contributed by atoms with Crippen molar-refractivity contribution in [3.63, 3.8) is 0 Å². The molecular weight excluding hydrogens is 289 g/mol. The highest BCUT2D eigenvalue weighted by atomic mass is 35.5. The Bertz CT molecular complexity index is 738. The van der Waals surface area contributed by atoms with E-state index in [0.29, 0.717) is 17.1 Å². The van der Waals surface area contributed by atoms with Gasteiger partial charge in [0.05, 0.1) is 12.6 Å². The highest BCUT2D eigenvalue weighted by molar-refractivity contribution is 6.31. The van der Waals surface area contributed by atoms with Gasteiger partial charge in [-0.3, -0.25) is 0 Å². The summed E-state index contributed by atoms with van der Waals surface area (Å²) < 4.78 is 6.67. The Morgan fingerprint density at radius 2 is 2.00 bits per heavy atom. The first-order chi connectivity index (χ1) is 9.17. The molecule has 1 aromatic carbocycles. The molecule has 0 spiro atoms. The fourth-order valence-electron chi connectivity index (χ4n) is 1.69. The molecule has 0 saturated carbocycles. The van der Waals surface area contributed by atoms with Crippen molar-refractivity contribution in [2.24, 2.45) is 0 Å². The van der Waals surface area contributed by atoms with Crippen molar-refractivity contribution in [2.75, 3.05) is 7.11 Å². The number of aromatic nitrogens is 5. The Morgan fingerprint density at radius 1 is 1.16 bits per heavy atom. The first kappa shape index (κ1) is 12.1. The van der Waals surface area contributed by atoms with Crippen molar-refractivity contribution in [3.05, 3.63) is 34.7 Å². The zero-order chi connectivity index (χ0) is 13.4. The number of hydrogen-bond donors (Lipinski definition) is 0. The summed E-state index contributed by atoms with van der Waals surface area (Å²) in [5, 5.41) is 8.37. The molecule has 0 aliphatic carbocycles. The van der Waals surface area contributed by atoms with Crippen LogP contribution in [0.4, 0.5) is 0 Å². The molecule has 19 heavy (non-hydrogen) atoms. The molecule has 0 unspecified atom stereocenters. The maximum absolute atomic E-state index is 5.85. The summed E-state index contributed by atoms with van der Waals surface area (Å²) in [6.07, 6.45) is 0. The number of rotatable bonds is 2. The molecule has 2 aromatic heterocycles. The summed E-state index contributed by atoms with van der Waals surface area (Å²) in [6, 6.07) is 6.99. The summed E-state index contributed by atoms with van der Waals surface area (Å²) in [4.78, 5) is 7.86. The fourth-order valence-corrected chi connectivity index (χ4v) is 2.09. The van der Waals surface area contributed by atoms with Crippen LogP contribution in [-0.4, -0.2) is 32.1 Å². The van der Waals surface area contributed by atoms with Crippen LogP contribution < -0.4 is 4.74 Å². The molecule has 0 aliphatic rings. The van der Waals surface area contributed by atoms with Crippen LogP contribution in [0.1, 0.15) is 0 Å². The molecule has 3 rings (SSSR count). The van der Waals surface area contributed by atoms with E-state index in [2.05, 4.69) is 20.3 Å². The monoisotopic (exact) mass is 295 g/mol. The van der Waals surface area contributed by atoms with Gasteiger partial charge in [0, 0.05) is 12.1 Å². The first-order valence-corrected chi connectivity index (χ1v) is 6.03. The third-order valence-corrected chi connectivity index (χ3v) is 2.89. The van der Waals surface area contributed by atoms with Gasteiger partial charge in [-0.2, -0.15) is 9.67 Å². The fraction of sp³-hybridized carbons (Fsp3) is 0.0909. The van der Waals surface area contributed by atoms with Crippen LogP contribution >= 0.6 is 23.2 Å². The topological polar surface area (TPSA) is 65.7 Å². The van der Waals surface area contributed by atoms with E-state index in [1.165, 1.54) is 4.68 Å². The summed E-state index contributed by atoms with van der Waals surface area (Å²) in [7, 11) is 1.59. The van der Waals surface area contributed by atoms with E-state index < -0.39 is 0 Å². The average Bonchev–Trinajstić information content (AvgIpc) is 2.80. The average molecular weight is 296 g/mol. The van der Waals surface area contributed by atoms with Crippen molar-refractivity contribution < 1.29 is 4.74 Å². The molecule has 0 amide bonds. The zero-order valence-electron chi connectivity index (χ0n) is 9.71. The van der Waals surface area contributed by atoms with Crippen molar-refractivity contribution in [2.45, 2.75) is 0 Å². The number of fused-ring (bicyclic) bond motifs is 1. The lowest BCUT2D eigenvalue weighted by molar-refractivity contribution is 0.415. The molecule has 6 nitrogen and oxygen atoms in total. The minimum Gasteiger partial charge on any atom is -0.497 e. The van der Waals surface area contributed by atoms with Gasteiger partial charge in [-0.15, -0.1) is 5.10 Å². The second kappa shape index (κ2) is 4.64. The van der Waals surface area contributed by atoms with Crippen LogP contribution in [0.3, 0.4) is 0 Å². The van der Waals surface area contributed by atoms with Crippen LogP contribution in [0.25, 0.3) is 16.9 Å². The van der Waals surface area contributed by atoms with Gasteiger partial charge >= 0.3 is 0 Å². The molecule has 0 fully saturated rings. The number of ether oxygens (including phenoxy) is 1. The van der Waals surface area contributed by atoms with E-state index >= 15 is 0 Å². The number of halogens is 2. The van der Waals surface area contributed by atoms with Gasteiger partial charge in [0.2, 0.25) is 5.28 Å². The normalized spacial score (nSPS) is 10.9.